The van der Waals surface area contributed by atoms with Crippen LogP contribution >= 0.6 is 0 Å². The third-order valence-corrected chi connectivity index (χ3v) is 6.96. The number of rotatable bonds is 11. The van der Waals surface area contributed by atoms with Gasteiger partial charge in [-0.25, -0.2) is 0 Å². The molecular weight excluding hydrogens is 324 g/mol. The smallest absolute Gasteiger partial charge is 0.0589 e. The topological polar surface area (TPSA) is 24.9 Å². The first kappa shape index (κ1) is 22.1. The van der Waals surface area contributed by atoms with Crippen molar-refractivity contribution >= 4 is 0 Å². The van der Waals surface area contributed by atoms with E-state index in [4.69, 9.17) is 9.47 Å². The van der Waals surface area contributed by atoms with Gasteiger partial charge in [0.05, 0.1) is 13.2 Å². The van der Waals surface area contributed by atoms with E-state index < -0.39 is 0 Å². The first-order valence-corrected chi connectivity index (χ1v) is 10.9. The fraction of sp³-hybridized carbons (Fsp3) is 0.955. The molecule has 26 heavy (non-hydrogen) atoms. The quantitative estimate of drug-likeness (QED) is 0.557. The molecule has 4 heteroatoms. The van der Waals surface area contributed by atoms with E-state index >= 15 is 0 Å². The summed E-state index contributed by atoms with van der Waals surface area (Å²) in [5.74, 6) is 3.36. The number of hydrogen-bond acceptors (Lipinski definition) is 4. The summed E-state index contributed by atoms with van der Waals surface area (Å²) >= 11 is 0. The Kier molecular flexibility index (Phi) is 10.5. The molecule has 0 amide bonds. The van der Waals surface area contributed by atoms with Crippen molar-refractivity contribution in [1.82, 2.24) is 9.80 Å². The molecular formula is C22H43N2O2. The van der Waals surface area contributed by atoms with Crippen LogP contribution in [0.25, 0.3) is 0 Å². The van der Waals surface area contributed by atoms with Crippen LogP contribution in [-0.4, -0.2) is 76.5 Å². The lowest BCUT2D eigenvalue weighted by Gasteiger charge is -2.44. The highest BCUT2D eigenvalue weighted by atomic mass is 16.5. The minimum Gasteiger partial charge on any atom is -0.383 e. The van der Waals surface area contributed by atoms with Gasteiger partial charge in [-0.1, -0.05) is 20.3 Å². The molecule has 0 aromatic carbocycles. The van der Waals surface area contributed by atoms with Crippen LogP contribution in [0.4, 0.5) is 0 Å². The van der Waals surface area contributed by atoms with Crippen molar-refractivity contribution < 1.29 is 9.47 Å². The fourth-order valence-corrected chi connectivity index (χ4v) is 5.47. The maximum absolute atomic E-state index is 5.30. The number of piperidine rings is 2. The second-order valence-corrected chi connectivity index (χ2v) is 8.39. The van der Waals surface area contributed by atoms with Crippen LogP contribution in [0.1, 0.15) is 45.4 Å². The molecule has 0 saturated carbocycles. The Bertz CT molecular complexity index is 358. The normalized spacial score (nSPS) is 26.1. The lowest BCUT2D eigenvalue weighted by Crippen LogP contribution is -2.44. The molecule has 0 aromatic rings. The number of ether oxygens (including phenoxy) is 2. The van der Waals surface area contributed by atoms with Crippen LogP contribution < -0.4 is 0 Å². The van der Waals surface area contributed by atoms with Crippen LogP contribution in [0.5, 0.6) is 0 Å². The maximum atomic E-state index is 5.30. The lowest BCUT2D eigenvalue weighted by atomic mass is 9.68. The van der Waals surface area contributed by atoms with Gasteiger partial charge in [-0.05, 0) is 75.4 Å². The van der Waals surface area contributed by atoms with E-state index in [-0.39, 0.29) is 0 Å². The van der Waals surface area contributed by atoms with E-state index in [1.807, 2.05) is 7.11 Å². The van der Waals surface area contributed by atoms with Gasteiger partial charge in [-0.2, -0.15) is 0 Å². The van der Waals surface area contributed by atoms with E-state index in [9.17, 15) is 0 Å². The number of hydrogen-bond donors (Lipinski definition) is 0. The molecule has 153 valence electrons. The summed E-state index contributed by atoms with van der Waals surface area (Å²) in [6.07, 6.45) is 7.87. The van der Waals surface area contributed by atoms with Crippen LogP contribution in [0.2, 0.25) is 0 Å². The molecule has 3 atom stereocenters. The van der Waals surface area contributed by atoms with Gasteiger partial charge in [0.2, 0.25) is 0 Å². The van der Waals surface area contributed by atoms with E-state index in [1.165, 1.54) is 58.3 Å². The van der Waals surface area contributed by atoms with E-state index in [0.717, 1.165) is 56.4 Å². The van der Waals surface area contributed by atoms with Crippen molar-refractivity contribution in [2.75, 3.05) is 66.7 Å². The molecule has 2 saturated heterocycles. The van der Waals surface area contributed by atoms with Crippen molar-refractivity contribution in [2.24, 2.45) is 23.7 Å². The molecule has 2 aliphatic heterocycles. The second-order valence-electron chi connectivity index (χ2n) is 8.39. The van der Waals surface area contributed by atoms with Crippen LogP contribution in [-0.2, 0) is 9.47 Å². The fourth-order valence-electron chi connectivity index (χ4n) is 5.47. The molecule has 2 rings (SSSR count). The van der Waals surface area contributed by atoms with Crippen LogP contribution in [0, 0.1) is 30.6 Å². The summed E-state index contributed by atoms with van der Waals surface area (Å²) in [4.78, 5) is 5.21. The molecule has 0 N–H and O–H groups in total. The third kappa shape index (κ3) is 6.47. The Morgan fingerprint density at radius 2 is 1.54 bits per heavy atom. The van der Waals surface area contributed by atoms with Gasteiger partial charge >= 0.3 is 0 Å². The van der Waals surface area contributed by atoms with E-state index in [2.05, 4.69) is 23.6 Å². The molecule has 2 aliphatic rings. The average Bonchev–Trinajstić information content (AvgIpc) is 2.69. The predicted octanol–water partition coefficient (Wildman–Crippen LogP) is 3.57. The lowest BCUT2D eigenvalue weighted by molar-refractivity contribution is 0.0423. The van der Waals surface area contributed by atoms with Gasteiger partial charge in [0.1, 0.15) is 0 Å². The van der Waals surface area contributed by atoms with Crippen LogP contribution in [0.15, 0.2) is 0 Å². The molecule has 0 spiro atoms. The zero-order valence-corrected chi connectivity index (χ0v) is 17.6. The zero-order valence-electron chi connectivity index (χ0n) is 17.6. The van der Waals surface area contributed by atoms with Crippen molar-refractivity contribution in [3.8, 4) is 0 Å². The molecule has 2 fully saturated rings. The van der Waals surface area contributed by atoms with Gasteiger partial charge in [0, 0.05) is 33.9 Å². The summed E-state index contributed by atoms with van der Waals surface area (Å²) in [5.41, 5.74) is 0. The van der Waals surface area contributed by atoms with Gasteiger partial charge in [0.15, 0.2) is 0 Å². The summed E-state index contributed by atoms with van der Waals surface area (Å²) in [6.45, 7) is 15.7. The predicted molar refractivity (Wildman–Crippen MR) is 109 cm³/mol. The van der Waals surface area contributed by atoms with Crippen molar-refractivity contribution in [3.05, 3.63) is 6.92 Å². The Morgan fingerprint density at radius 1 is 0.885 bits per heavy atom. The Labute approximate surface area is 162 Å². The third-order valence-electron chi connectivity index (χ3n) is 6.96. The summed E-state index contributed by atoms with van der Waals surface area (Å²) in [7, 11) is 3.62. The Hall–Kier alpha value is -0.160. The molecule has 2 heterocycles. The highest BCUT2D eigenvalue weighted by molar-refractivity contribution is 4.88. The standard InChI is InChI=1S/C22H43N2O2/c1-5-21(19-9-12-23(13-10-19)14-16-25-3)22(6-2)20-8-7-11-24(18-20)15-17-26-4/h19-22H,1,5-18H2,2-4H3. The maximum Gasteiger partial charge on any atom is 0.0589 e. The highest BCUT2D eigenvalue weighted by Gasteiger charge is 2.35. The number of likely N-dealkylation sites (tertiary alicyclic amines) is 2. The largest absolute Gasteiger partial charge is 0.383 e. The summed E-state index contributed by atoms with van der Waals surface area (Å²) in [6, 6.07) is 0. The SMILES string of the molecule is [CH2]CC(C1CCN(CCOC)CC1)C(CC)C1CCCN(CCOC)C1. The van der Waals surface area contributed by atoms with Crippen molar-refractivity contribution in [1.29, 1.82) is 0 Å². The molecule has 0 aromatic heterocycles. The Balaban J connectivity index is 1.89. The minimum atomic E-state index is 0.803. The first-order chi connectivity index (χ1) is 12.7. The van der Waals surface area contributed by atoms with Gasteiger partial charge in [-0.3, -0.25) is 0 Å². The van der Waals surface area contributed by atoms with Gasteiger partial charge < -0.3 is 19.3 Å². The van der Waals surface area contributed by atoms with Crippen molar-refractivity contribution in [2.45, 2.75) is 45.4 Å². The molecule has 4 nitrogen and oxygen atoms in total. The average molecular weight is 368 g/mol. The van der Waals surface area contributed by atoms with Crippen molar-refractivity contribution in [3.63, 3.8) is 0 Å². The van der Waals surface area contributed by atoms with Gasteiger partial charge in [0.25, 0.3) is 0 Å². The van der Waals surface area contributed by atoms with Gasteiger partial charge in [-0.15, -0.1) is 0 Å². The monoisotopic (exact) mass is 367 g/mol. The highest BCUT2D eigenvalue weighted by Crippen LogP contribution is 2.40. The van der Waals surface area contributed by atoms with Crippen LogP contribution in [0.3, 0.4) is 0 Å². The first-order valence-electron chi connectivity index (χ1n) is 10.9. The zero-order chi connectivity index (χ0) is 18.8. The Morgan fingerprint density at radius 3 is 2.12 bits per heavy atom. The van der Waals surface area contributed by atoms with E-state index in [1.54, 1.807) is 7.11 Å². The number of nitrogens with zero attached hydrogens (tertiary/aromatic N) is 2. The number of methoxy groups -OCH3 is 2. The molecule has 3 unspecified atom stereocenters. The van der Waals surface area contributed by atoms with E-state index in [0.29, 0.717) is 0 Å². The molecule has 0 bridgehead atoms. The molecule has 1 radical (unpaired) electrons. The molecule has 0 aliphatic carbocycles. The minimum absolute atomic E-state index is 0.803. The summed E-state index contributed by atoms with van der Waals surface area (Å²) in [5, 5.41) is 0. The second kappa shape index (κ2) is 12.3. The summed E-state index contributed by atoms with van der Waals surface area (Å²) < 4.78 is 10.6.